The lowest BCUT2D eigenvalue weighted by molar-refractivity contribution is -0.122. The number of hydrogen-bond acceptors (Lipinski definition) is 7. The van der Waals surface area contributed by atoms with E-state index in [0.717, 1.165) is 31.4 Å². The molecule has 1 unspecified atom stereocenters. The first-order chi connectivity index (χ1) is 17.3. The van der Waals surface area contributed by atoms with E-state index >= 15 is 0 Å². The summed E-state index contributed by atoms with van der Waals surface area (Å²) in [4.78, 5) is 25.4. The number of aliphatic hydroxyl groups excluding tert-OH is 1. The monoisotopic (exact) mass is 519 g/mol. The fourth-order valence-electron chi connectivity index (χ4n) is 5.23. The van der Waals surface area contributed by atoms with Gasteiger partial charge in [0.2, 0.25) is 17.8 Å². The minimum atomic E-state index is -0.758. The van der Waals surface area contributed by atoms with E-state index in [1.54, 1.807) is 6.20 Å². The number of imidazole rings is 1. The van der Waals surface area contributed by atoms with Gasteiger partial charge in [-0.25, -0.2) is 18.7 Å². The minimum Gasteiger partial charge on any atom is -0.393 e. The van der Waals surface area contributed by atoms with Crippen LogP contribution < -0.4 is 16.4 Å². The van der Waals surface area contributed by atoms with Gasteiger partial charge in [0, 0.05) is 24.1 Å². The molecular weight excluding hydrogens is 492 g/mol. The zero-order valence-corrected chi connectivity index (χ0v) is 20.3. The van der Waals surface area contributed by atoms with E-state index in [-0.39, 0.29) is 46.7 Å². The largest absolute Gasteiger partial charge is 0.393 e. The van der Waals surface area contributed by atoms with E-state index in [4.69, 9.17) is 22.3 Å². The van der Waals surface area contributed by atoms with Crippen molar-refractivity contribution >= 4 is 46.3 Å². The molecule has 1 aromatic carbocycles. The molecule has 3 aromatic rings. The summed E-state index contributed by atoms with van der Waals surface area (Å²) in [5.41, 5.74) is 6.42. The second-order valence-electron chi connectivity index (χ2n) is 9.65. The number of rotatable bonds is 6. The first-order valence-electron chi connectivity index (χ1n) is 12.2. The molecule has 9 nitrogen and oxygen atoms in total. The summed E-state index contributed by atoms with van der Waals surface area (Å²) in [5.74, 6) is -1.30. The average Bonchev–Trinajstić information content (AvgIpc) is 3.19. The van der Waals surface area contributed by atoms with Crippen molar-refractivity contribution in [3.05, 3.63) is 35.0 Å². The summed E-state index contributed by atoms with van der Waals surface area (Å²) < 4.78 is 30.5. The van der Waals surface area contributed by atoms with E-state index in [1.807, 2.05) is 4.57 Å². The van der Waals surface area contributed by atoms with Crippen LogP contribution in [-0.2, 0) is 4.79 Å². The molecule has 12 heteroatoms. The number of aliphatic hydroxyl groups is 1. The maximum absolute atomic E-state index is 14.6. The smallest absolute Gasteiger partial charge is 0.224 e. The van der Waals surface area contributed by atoms with Crippen LogP contribution >= 0.6 is 11.6 Å². The lowest BCUT2D eigenvalue weighted by Gasteiger charge is -2.29. The van der Waals surface area contributed by atoms with Crippen LogP contribution in [0.1, 0.15) is 57.4 Å². The lowest BCUT2D eigenvalue weighted by Crippen LogP contribution is -2.30. The molecule has 1 amide bonds. The van der Waals surface area contributed by atoms with Crippen LogP contribution in [0.4, 0.5) is 26.4 Å². The molecule has 0 spiro atoms. The lowest BCUT2D eigenvalue weighted by atomic mass is 9.85. The number of carbonyl (C=O) groups is 1. The van der Waals surface area contributed by atoms with Crippen LogP contribution in [0.3, 0.4) is 0 Å². The number of nitrogens with one attached hydrogen (secondary N) is 2. The Morgan fingerprint density at radius 1 is 1.11 bits per heavy atom. The predicted molar refractivity (Wildman–Crippen MR) is 132 cm³/mol. The van der Waals surface area contributed by atoms with Crippen LogP contribution in [-0.4, -0.2) is 42.7 Å². The van der Waals surface area contributed by atoms with Gasteiger partial charge in [0.1, 0.15) is 17.2 Å². The first-order valence-corrected chi connectivity index (χ1v) is 12.6. The summed E-state index contributed by atoms with van der Waals surface area (Å²) in [5, 5.41) is 15.9. The molecule has 2 saturated carbocycles. The number of anilines is 3. The fourth-order valence-corrected chi connectivity index (χ4v) is 5.38. The molecule has 5 N–H and O–H groups in total. The first kappa shape index (κ1) is 24.6. The molecule has 5 rings (SSSR count). The highest BCUT2D eigenvalue weighted by Crippen LogP contribution is 2.37. The Morgan fingerprint density at radius 2 is 1.89 bits per heavy atom. The molecule has 2 heterocycles. The average molecular weight is 520 g/mol. The summed E-state index contributed by atoms with van der Waals surface area (Å²) >= 11 is 5.71. The summed E-state index contributed by atoms with van der Waals surface area (Å²) in [6.07, 6.45) is 6.97. The van der Waals surface area contributed by atoms with Gasteiger partial charge in [-0.3, -0.25) is 9.36 Å². The third-order valence-electron chi connectivity index (χ3n) is 7.13. The molecule has 0 bridgehead atoms. The van der Waals surface area contributed by atoms with Gasteiger partial charge in [0.25, 0.3) is 0 Å². The Hall–Kier alpha value is -3.05. The van der Waals surface area contributed by atoms with E-state index in [1.165, 1.54) is 0 Å². The molecule has 2 aromatic heterocycles. The summed E-state index contributed by atoms with van der Waals surface area (Å²) in [7, 11) is 0. The number of aromatic nitrogens is 4. The van der Waals surface area contributed by atoms with Crippen molar-refractivity contribution in [3.63, 3.8) is 0 Å². The van der Waals surface area contributed by atoms with Crippen LogP contribution in [0, 0.1) is 17.6 Å². The Morgan fingerprint density at radius 3 is 2.61 bits per heavy atom. The molecular formula is C24H28ClF2N7O2. The van der Waals surface area contributed by atoms with Crippen molar-refractivity contribution in [1.29, 1.82) is 0 Å². The third-order valence-corrected chi connectivity index (χ3v) is 7.42. The molecule has 0 saturated heterocycles. The van der Waals surface area contributed by atoms with Crippen molar-refractivity contribution in [1.82, 2.24) is 19.5 Å². The highest BCUT2D eigenvalue weighted by molar-refractivity contribution is 6.30. The molecule has 192 valence electrons. The Bertz CT molecular complexity index is 1280. The number of nitrogens with zero attached hydrogens (tertiary/aromatic N) is 4. The van der Waals surface area contributed by atoms with Gasteiger partial charge in [0.15, 0.2) is 5.65 Å². The minimum absolute atomic E-state index is 0.0531. The number of primary amides is 1. The number of halogens is 3. The van der Waals surface area contributed by atoms with Crippen molar-refractivity contribution < 1.29 is 18.7 Å². The number of benzene rings is 1. The van der Waals surface area contributed by atoms with E-state index in [9.17, 15) is 18.7 Å². The van der Waals surface area contributed by atoms with Crippen LogP contribution in [0.15, 0.2) is 18.3 Å². The second-order valence-corrected chi connectivity index (χ2v) is 10.1. The topological polar surface area (TPSA) is 131 Å². The molecule has 2 aliphatic carbocycles. The molecule has 2 aliphatic rings. The van der Waals surface area contributed by atoms with E-state index in [0.29, 0.717) is 49.2 Å². The maximum atomic E-state index is 14.6. The standard InChI is InChI=1S/C24H28ClF2N7O2/c25-16-9-18(27)19(10-17(16)26)31-24-32-20-11-29-23(30-13-2-1-3-15(35)8-13)33-22(20)34(24)14-6-4-12(5-7-14)21(28)36/h9-15,35H,1-8H2,(H2,28,36)(H,31,32)(H,29,30,33)/t12?,13?,14?,15-/m0/s1. The maximum Gasteiger partial charge on any atom is 0.224 e. The van der Waals surface area contributed by atoms with Crippen LogP contribution in [0.5, 0.6) is 0 Å². The zero-order valence-electron chi connectivity index (χ0n) is 19.6. The fraction of sp³-hybridized carbons (Fsp3) is 0.500. The van der Waals surface area contributed by atoms with Gasteiger partial charge in [-0.1, -0.05) is 11.6 Å². The van der Waals surface area contributed by atoms with Crippen molar-refractivity contribution in [2.75, 3.05) is 10.6 Å². The van der Waals surface area contributed by atoms with E-state index in [2.05, 4.69) is 20.6 Å². The molecule has 0 radical (unpaired) electrons. The second kappa shape index (κ2) is 10.1. The zero-order chi connectivity index (χ0) is 25.4. The van der Waals surface area contributed by atoms with E-state index < -0.39 is 11.6 Å². The Kier molecular flexibility index (Phi) is 6.94. The Balaban J connectivity index is 1.51. The van der Waals surface area contributed by atoms with Crippen molar-refractivity contribution in [2.45, 2.75) is 69.6 Å². The molecule has 36 heavy (non-hydrogen) atoms. The molecule has 2 fully saturated rings. The number of hydrogen-bond donors (Lipinski definition) is 4. The van der Waals surface area contributed by atoms with Crippen molar-refractivity contribution in [3.8, 4) is 0 Å². The van der Waals surface area contributed by atoms with Gasteiger partial charge >= 0.3 is 0 Å². The summed E-state index contributed by atoms with van der Waals surface area (Å²) in [6.45, 7) is 0. The SMILES string of the molecule is NC(=O)C1CCC(n2c(Nc3cc(F)c(Cl)cc3F)nc3cnc(NC4CCC[C@H](O)C4)nc32)CC1. The van der Waals surface area contributed by atoms with Gasteiger partial charge < -0.3 is 21.5 Å². The quantitative estimate of drug-likeness (QED) is 0.354. The normalized spacial score (nSPS) is 24.6. The van der Waals surface area contributed by atoms with Gasteiger partial charge in [0.05, 0.1) is 23.0 Å². The highest BCUT2D eigenvalue weighted by atomic mass is 35.5. The number of fused-ring (bicyclic) bond motifs is 1. The van der Waals surface area contributed by atoms with Crippen LogP contribution in [0.25, 0.3) is 11.2 Å². The third kappa shape index (κ3) is 5.08. The van der Waals surface area contributed by atoms with Gasteiger partial charge in [-0.05, 0) is 57.4 Å². The van der Waals surface area contributed by atoms with Crippen LogP contribution in [0.2, 0.25) is 5.02 Å². The highest BCUT2D eigenvalue weighted by Gasteiger charge is 2.30. The number of amides is 1. The number of nitrogens with two attached hydrogens (primary N) is 1. The molecule has 2 atom stereocenters. The summed E-state index contributed by atoms with van der Waals surface area (Å²) in [6, 6.07) is 1.85. The van der Waals surface area contributed by atoms with Crippen molar-refractivity contribution in [2.24, 2.45) is 11.7 Å². The Labute approximate surface area is 211 Å². The predicted octanol–water partition coefficient (Wildman–Crippen LogP) is 4.43. The van der Waals surface area contributed by atoms with Gasteiger partial charge in [-0.15, -0.1) is 0 Å². The van der Waals surface area contributed by atoms with Gasteiger partial charge in [-0.2, -0.15) is 4.98 Å². The number of carbonyl (C=O) groups excluding carboxylic acids is 1. The molecule has 0 aliphatic heterocycles.